The first-order chi connectivity index (χ1) is 12.8. The molecule has 0 spiro atoms. The summed E-state index contributed by atoms with van der Waals surface area (Å²) in [6.45, 7) is 1.44. The second-order valence-corrected chi connectivity index (χ2v) is 6.40. The standard InChI is InChI=1S/C18H16FN5O2/c19-11-5-6-12-13(9-11)21-17(20-12)14-3-1-7-24(14)10-16-22-18(23-26-16)15-4-2-8-25-15/h2,4-6,8-9,14H,1,3,7,10H2,(H,20,21)/t14-/m1/s1. The third kappa shape index (κ3) is 2.68. The zero-order chi connectivity index (χ0) is 17.5. The van der Waals surface area contributed by atoms with Crippen molar-refractivity contribution in [2.45, 2.75) is 25.4 Å². The van der Waals surface area contributed by atoms with Gasteiger partial charge in [-0.15, -0.1) is 0 Å². The van der Waals surface area contributed by atoms with E-state index in [1.54, 1.807) is 24.5 Å². The number of likely N-dealkylation sites (tertiary alicyclic amines) is 1. The Bertz CT molecular complexity index is 1040. The van der Waals surface area contributed by atoms with Crippen molar-refractivity contribution in [1.29, 1.82) is 0 Å². The fourth-order valence-corrected chi connectivity index (χ4v) is 3.48. The van der Waals surface area contributed by atoms with Gasteiger partial charge in [-0.3, -0.25) is 4.90 Å². The molecule has 4 heterocycles. The molecule has 0 amide bonds. The summed E-state index contributed by atoms with van der Waals surface area (Å²) in [6.07, 6.45) is 3.60. The number of furan rings is 1. The number of hydrogen-bond acceptors (Lipinski definition) is 6. The topological polar surface area (TPSA) is 84.0 Å². The SMILES string of the molecule is Fc1ccc2nc([C@H]3CCCN3Cc3nc(-c4ccco4)no3)[nH]c2c1. The highest BCUT2D eigenvalue weighted by Gasteiger charge is 2.30. The maximum absolute atomic E-state index is 13.4. The van der Waals surface area contributed by atoms with E-state index < -0.39 is 0 Å². The number of aromatic nitrogens is 4. The lowest BCUT2D eigenvalue weighted by molar-refractivity contribution is 0.207. The van der Waals surface area contributed by atoms with E-state index in [-0.39, 0.29) is 11.9 Å². The van der Waals surface area contributed by atoms with Crippen LogP contribution in [0.15, 0.2) is 45.5 Å². The Hall–Kier alpha value is -3.00. The first-order valence-electron chi connectivity index (χ1n) is 8.52. The highest BCUT2D eigenvalue weighted by Crippen LogP contribution is 2.32. The second kappa shape index (κ2) is 6.06. The molecule has 0 radical (unpaired) electrons. The molecular weight excluding hydrogens is 337 g/mol. The average Bonchev–Trinajstić information content (AvgIpc) is 3.41. The number of fused-ring (bicyclic) bond motifs is 1. The minimum Gasteiger partial charge on any atom is -0.461 e. The van der Waals surface area contributed by atoms with Gasteiger partial charge >= 0.3 is 0 Å². The lowest BCUT2D eigenvalue weighted by Crippen LogP contribution is -2.23. The maximum Gasteiger partial charge on any atom is 0.241 e. The van der Waals surface area contributed by atoms with Crippen LogP contribution in [0.25, 0.3) is 22.6 Å². The van der Waals surface area contributed by atoms with E-state index in [1.165, 1.54) is 12.1 Å². The van der Waals surface area contributed by atoms with Crippen molar-refractivity contribution in [3.05, 3.63) is 54.1 Å². The molecule has 1 atom stereocenters. The Balaban J connectivity index is 1.38. The molecule has 1 aliphatic heterocycles. The molecule has 132 valence electrons. The number of benzene rings is 1. The summed E-state index contributed by atoms with van der Waals surface area (Å²) in [6, 6.07) is 8.28. The van der Waals surface area contributed by atoms with Crippen LogP contribution in [-0.2, 0) is 6.54 Å². The second-order valence-electron chi connectivity index (χ2n) is 6.40. The molecule has 0 bridgehead atoms. The zero-order valence-corrected chi connectivity index (χ0v) is 13.9. The highest BCUT2D eigenvalue weighted by molar-refractivity contribution is 5.75. The Morgan fingerprint density at radius 3 is 3.12 bits per heavy atom. The van der Waals surface area contributed by atoms with Crippen molar-refractivity contribution >= 4 is 11.0 Å². The predicted molar refractivity (Wildman–Crippen MR) is 90.4 cm³/mol. The smallest absolute Gasteiger partial charge is 0.241 e. The molecule has 0 aliphatic carbocycles. The predicted octanol–water partition coefficient (Wildman–Crippen LogP) is 3.68. The molecule has 26 heavy (non-hydrogen) atoms. The third-order valence-corrected chi connectivity index (χ3v) is 4.69. The summed E-state index contributed by atoms with van der Waals surface area (Å²) < 4.78 is 24.1. The maximum atomic E-state index is 13.4. The van der Waals surface area contributed by atoms with Gasteiger partial charge in [0.25, 0.3) is 0 Å². The van der Waals surface area contributed by atoms with Gasteiger partial charge in [-0.05, 0) is 49.7 Å². The van der Waals surface area contributed by atoms with E-state index in [0.29, 0.717) is 29.5 Å². The van der Waals surface area contributed by atoms with Gasteiger partial charge in [-0.25, -0.2) is 9.37 Å². The summed E-state index contributed by atoms with van der Waals surface area (Å²) in [5.41, 5.74) is 1.48. The molecule has 0 saturated carbocycles. The zero-order valence-electron chi connectivity index (χ0n) is 13.9. The molecule has 7 nitrogen and oxygen atoms in total. The number of imidazole rings is 1. The number of halogens is 1. The molecule has 1 N–H and O–H groups in total. The van der Waals surface area contributed by atoms with E-state index in [0.717, 1.165) is 30.7 Å². The van der Waals surface area contributed by atoms with Crippen LogP contribution < -0.4 is 0 Å². The Kier molecular flexibility index (Phi) is 3.56. The van der Waals surface area contributed by atoms with Crippen molar-refractivity contribution in [2.75, 3.05) is 6.54 Å². The summed E-state index contributed by atoms with van der Waals surface area (Å²) >= 11 is 0. The molecule has 1 fully saturated rings. The number of nitrogens with zero attached hydrogens (tertiary/aromatic N) is 4. The van der Waals surface area contributed by atoms with Crippen molar-refractivity contribution < 1.29 is 13.3 Å². The quantitative estimate of drug-likeness (QED) is 0.602. The largest absolute Gasteiger partial charge is 0.461 e. The number of rotatable bonds is 4. The van der Waals surface area contributed by atoms with E-state index in [9.17, 15) is 4.39 Å². The summed E-state index contributed by atoms with van der Waals surface area (Å²) in [4.78, 5) is 14.5. The molecule has 1 aliphatic rings. The Labute approximate surface area is 147 Å². The number of H-pyrrole nitrogens is 1. The van der Waals surface area contributed by atoms with Gasteiger partial charge in [-0.1, -0.05) is 5.16 Å². The average molecular weight is 353 g/mol. The normalized spacial score (nSPS) is 18.1. The molecule has 5 rings (SSSR count). The van der Waals surface area contributed by atoms with Crippen molar-refractivity contribution in [1.82, 2.24) is 25.0 Å². The monoisotopic (exact) mass is 353 g/mol. The van der Waals surface area contributed by atoms with Gasteiger partial charge < -0.3 is 13.9 Å². The van der Waals surface area contributed by atoms with Gasteiger partial charge in [-0.2, -0.15) is 4.98 Å². The Morgan fingerprint density at radius 2 is 2.23 bits per heavy atom. The summed E-state index contributed by atoms with van der Waals surface area (Å²) in [5, 5.41) is 3.97. The molecule has 8 heteroatoms. The van der Waals surface area contributed by atoms with Crippen LogP contribution in [0.4, 0.5) is 4.39 Å². The van der Waals surface area contributed by atoms with Crippen molar-refractivity contribution in [2.24, 2.45) is 0 Å². The van der Waals surface area contributed by atoms with Gasteiger partial charge in [0.1, 0.15) is 11.6 Å². The lowest BCUT2D eigenvalue weighted by atomic mass is 10.2. The van der Waals surface area contributed by atoms with Crippen LogP contribution >= 0.6 is 0 Å². The van der Waals surface area contributed by atoms with Crippen LogP contribution in [0.1, 0.15) is 30.6 Å². The van der Waals surface area contributed by atoms with E-state index in [4.69, 9.17) is 8.94 Å². The molecule has 4 aromatic rings. The van der Waals surface area contributed by atoms with E-state index in [1.807, 2.05) is 0 Å². The van der Waals surface area contributed by atoms with Gasteiger partial charge in [0.15, 0.2) is 5.76 Å². The van der Waals surface area contributed by atoms with Gasteiger partial charge in [0.2, 0.25) is 11.7 Å². The fraction of sp³-hybridized carbons (Fsp3) is 0.278. The highest BCUT2D eigenvalue weighted by atomic mass is 19.1. The third-order valence-electron chi connectivity index (χ3n) is 4.69. The van der Waals surface area contributed by atoms with E-state index in [2.05, 4.69) is 25.0 Å². The van der Waals surface area contributed by atoms with Crippen molar-refractivity contribution in [3.8, 4) is 11.6 Å². The first kappa shape index (κ1) is 15.3. The minimum absolute atomic E-state index is 0.115. The summed E-state index contributed by atoms with van der Waals surface area (Å²) in [5.74, 6) is 2.13. The number of nitrogens with one attached hydrogen (secondary N) is 1. The van der Waals surface area contributed by atoms with Gasteiger partial charge in [0, 0.05) is 0 Å². The van der Waals surface area contributed by atoms with Crippen LogP contribution in [0.5, 0.6) is 0 Å². The van der Waals surface area contributed by atoms with E-state index >= 15 is 0 Å². The molecule has 0 unspecified atom stereocenters. The van der Waals surface area contributed by atoms with Gasteiger partial charge in [0.05, 0.1) is 29.9 Å². The number of aromatic amines is 1. The first-order valence-corrected chi connectivity index (χ1v) is 8.52. The minimum atomic E-state index is -0.271. The fourth-order valence-electron chi connectivity index (χ4n) is 3.48. The Morgan fingerprint density at radius 1 is 1.27 bits per heavy atom. The molecular formula is C18H16FN5O2. The van der Waals surface area contributed by atoms with Crippen LogP contribution in [0, 0.1) is 5.82 Å². The number of hydrogen-bond donors (Lipinski definition) is 1. The molecule has 1 aromatic carbocycles. The molecule has 3 aromatic heterocycles. The summed E-state index contributed by atoms with van der Waals surface area (Å²) in [7, 11) is 0. The van der Waals surface area contributed by atoms with Crippen LogP contribution in [0.2, 0.25) is 0 Å². The lowest BCUT2D eigenvalue weighted by Gasteiger charge is -2.20. The molecule has 1 saturated heterocycles. The van der Waals surface area contributed by atoms with Crippen molar-refractivity contribution in [3.63, 3.8) is 0 Å². The van der Waals surface area contributed by atoms with Crippen LogP contribution in [0.3, 0.4) is 0 Å². The van der Waals surface area contributed by atoms with Crippen LogP contribution in [-0.4, -0.2) is 31.6 Å².